The lowest BCUT2D eigenvalue weighted by Gasteiger charge is -2.21. The van der Waals surface area contributed by atoms with Gasteiger partial charge in [-0.1, -0.05) is 82.2 Å². The minimum absolute atomic E-state index is 0.0279. The first kappa shape index (κ1) is 21.5. The second-order valence-electron chi connectivity index (χ2n) is 7.04. The van der Waals surface area contributed by atoms with E-state index in [1.54, 1.807) is 36.4 Å². The van der Waals surface area contributed by atoms with Crippen molar-refractivity contribution in [3.63, 3.8) is 0 Å². The van der Waals surface area contributed by atoms with Crippen molar-refractivity contribution in [3.05, 3.63) is 42.0 Å². The van der Waals surface area contributed by atoms with Crippen LogP contribution in [0.4, 0.5) is 13.2 Å². The Labute approximate surface area is 159 Å². The maximum Gasteiger partial charge on any atom is 0.407 e. The average molecular weight is 381 g/mol. The molecule has 150 valence electrons. The lowest BCUT2D eigenvalue weighted by Crippen LogP contribution is -2.29. The molecule has 0 fully saturated rings. The van der Waals surface area contributed by atoms with E-state index in [0.717, 1.165) is 24.6 Å². The molecule has 2 rings (SSSR count). The molecule has 0 unspecified atom stereocenters. The normalized spacial score (nSPS) is 13.1. The molecule has 2 N–H and O–H groups in total. The van der Waals surface area contributed by atoms with Gasteiger partial charge >= 0.3 is 6.18 Å². The Kier molecular flexibility index (Phi) is 8.42. The molecule has 0 heterocycles. The summed E-state index contributed by atoms with van der Waals surface area (Å²) in [5.41, 5.74) is 5.57. The molecule has 0 aliphatic rings. The molecule has 5 heteroatoms. The number of hydrogen-bond donors (Lipinski definition) is 1. The molecular weight excluding hydrogens is 351 g/mol. The van der Waals surface area contributed by atoms with Crippen molar-refractivity contribution in [2.45, 2.75) is 70.5 Å². The van der Waals surface area contributed by atoms with Gasteiger partial charge in [0, 0.05) is 5.56 Å². The van der Waals surface area contributed by atoms with E-state index in [1.807, 2.05) is 0 Å². The van der Waals surface area contributed by atoms with Gasteiger partial charge in [0.05, 0.1) is 6.61 Å². The number of benzene rings is 2. The first-order chi connectivity index (χ1) is 12.9. The molecule has 27 heavy (non-hydrogen) atoms. The van der Waals surface area contributed by atoms with Crippen LogP contribution in [0.5, 0.6) is 5.75 Å². The maximum atomic E-state index is 13.3. The van der Waals surface area contributed by atoms with Gasteiger partial charge in [-0.2, -0.15) is 13.2 Å². The maximum absolute atomic E-state index is 13.3. The fourth-order valence-electron chi connectivity index (χ4n) is 3.30. The Morgan fingerprint density at radius 3 is 2.19 bits per heavy atom. The summed E-state index contributed by atoms with van der Waals surface area (Å²) in [5, 5.41) is 1.22. The monoisotopic (exact) mass is 381 g/mol. The Hall–Kier alpha value is -1.75. The van der Waals surface area contributed by atoms with Crippen LogP contribution in [0, 0.1) is 0 Å². The first-order valence-corrected chi connectivity index (χ1v) is 9.92. The molecule has 0 saturated heterocycles. The molecule has 0 bridgehead atoms. The van der Waals surface area contributed by atoms with Crippen LogP contribution in [-0.2, 0) is 0 Å². The van der Waals surface area contributed by atoms with E-state index in [0.29, 0.717) is 12.0 Å². The van der Waals surface area contributed by atoms with Crippen molar-refractivity contribution < 1.29 is 17.9 Å². The molecule has 0 aliphatic heterocycles. The molecule has 0 aliphatic carbocycles. The van der Waals surface area contributed by atoms with E-state index in [-0.39, 0.29) is 11.3 Å². The zero-order valence-electron chi connectivity index (χ0n) is 16.0. The van der Waals surface area contributed by atoms with Crippen LogP contribution in [0.1, 0.15) is 69.9 Å². The summed E-state index contributed by atoms with van der Waals surface area (Å²) in [7, 11) is 0. The standard InChI is InChI=1S/C22H30F3NO/c1-2-3-4-5-6-7-8-11-16-27-19-15-14-17-12-9-10-13-18(17)20(19)21(26)22(23,24)25/h9-10,12-15,21H,2-8,11,16,26H2,1H3/t21-/m0/s1. The Morgan fingerprint density at radius 1 is 0.889 bits per heavy atom. The average Bonchev–Trinajstić information content (AvgIpc) is 2.65. The molecule has 0 saturated carbocycles. The molecule has 2 aromatic carbocycles. The van der Waals surface area contributed by atoms with E-state index in [1.165, 1.54) is 32.1 Å². The van der Waals surface area contributed by atoms with Crippen molar-refractivity contribution in [2.24, 2.45) is 5.73 Å². The second kappa shape index (κ2) is 10.5. The highest BCUT2D eigenvalue weighted by Crippen LogP contribution is 2.39. The molecular formula is C22H30F3NO. The van der Waals surface area contributed by atoms with E-state index in [2.05, 4.69) is 6.92 Å². The van der Waals surface area contributed by atoms with E-state index in [4.69, 9.17) is 10.5 Å². The van der Waals surface area contributed by atoms with Crippen molar-refractivity contribution in [3.8, 4) is 5.75 Å². The van der Waals surface area contributed by atoms with Gasteiger partial charge in [0.25, 0.3) is 0 Å². The van der Waals surface area contributed by atoms with Gasteiger partial charge in [-0.25, -0.2) is 0 Å². The van der Waals surface area contributed by atoms with Crippen molar-refractivity contribution in [2.75, 3.05) is 6.61 Å². The Morgan fingerprint density at radius 2 is 1.52 bits per heavy atom. The van der Waals surface area contributed by atoms with Gasteiger partial charge < -0.3 is 10.5 Å². The summed E-state index contributed by atoms with van der Waals surface area (Å²) < 4.78 is 45.6. The van der Waals surface area contributed by atoms with Crippen LogP contribution in [0.25, 0.3) is 10.8 Å². The third kappa shape index (κ3) is 6.42. The third-order valence-corrected chi connectivity index (χ3v) is 4.85. The molecule has 0 spiro atoms. The smallest absolute Gasteiger partial charge is 0.407 e. The van der Waals surface area contributed by atoms with Crippen LogP contribution < -0.4 is 10.5 Å². The number of fused-ring (bicyclic) bond motifs is 1. The Bertz CT molecular complexity index is 700. The third-order valence-electron chi connectivity index (χ3n) is 4.85. The van der Waals surface area contributed by atoms with E-state index >= 15 is 0 Å². The predicted octanol–water partition coefficient (Wildman–Crippen LogP) is 6.92. The summed E-state index contributed by atoms with van der Waals surface area (Å²) in [6.07, 6.45) is 4.75. The van der Waals surface area contributed by atoms with Gasteiger partial charge in [0.1, 0.15) is 11.8 Å². The lowest BCUT2D eigenvalue weighted by molar-refractivity contribution is -0.149. The van der Waals surface area contributed by atoms with Crippen LogP contribution in [-0.4, -0.2) is 12.8 Å². The van der Waals surface area contributed by atoms with Gasteiger partial charge in [0.15, 0.2) is 0 Å². The molecule has 0 aromatic heterocycles. The van der Waals surface area contributed by atoms with Crippen molar-refractivity contribution in [1.82, 2.24) is 0 Å². The zero-order chi connectivity index (χ0) is 19.7. The molecule has 0 amide bonds. The summed E-state index contributed by atoms with van der Waals surface area (Å²) in [6.45, 7) is 2.61. The quantitative estimate of drug-likeness (QED) is 0.429. The van der Waals surface area contributed by atoms with Crippen molar-refractivity contribution in [1.29, 1.82) is 0 Å². The minimum atomic E-state index is -4.51. The topological polar surface area (TPSA) is 35.2 Å². The minimum Gasteiger partial charge on any atom is -0.493 e. The van der Waals surface area contributed by atoms with E-state index in [9.17, 15) is 13.2 Å². The molecule has 2 nitrogen and oxygen atoms in total. The second-order valence-corrected chi connectivity index (χ2v) is 7.04. The fraction of sp³-hybridized carbons (Fsp3) is 0.545. The highest BCUT2D eigenvalue weighted by molar-refractivity contribution is 5.88. The molecule has 1 atom stereocenters. The zero-order valence-corrected chi connectivity index (χ0v) is 16.0. The summed E-state index contributed by atoms with van der Waals surface area (Å²) in [4.78, 5) is 0. The summed E-state index contributed by atoms with van der Waals surface area (Å²) in [5.74, 6) is 0.237. The number of hydrogen-bond acceptors (Lipinski definition) is 2. The SMILES string of the molecule is CCCCCCCCCCOc1ccc2ccccc2c1[C@H](N)C(F)(F)F. The molecule has 2 aromatic rings. The number of halogens is 3. The van der Waals surface area contributed by atoms with Crippen molar-refractivity contribution >= 4 is 10.8 Å². The largest absolute Gasteiger partial charge is 0.493 e. The first-order valence-electron chi connectivity index (χ1n) is 9.92. The van der Waals surface area contributed by atoms with Gasteiger partial charge in [-0.05, 0) is 23.3 Å². The van der Waals surface area contributed by atoms with Gasteiger partial charge in [0.2, 0.25) is 0 Å². The predicted molar refractivity (Wildman–Crippen MR) is 105 cm³/mol. The highest BCUT2D eigenvalue weighted by Gasteiger charge is 2.40. The number of ether oxygens (including phenoxy) is 1. The fourth-order valence-corrected chi connectivity index (χ4v) is 3.30. The van der Waals surface area contributed by atoms with Crippen LogP contribution >= 0.6 is 0 Å². The Balaban J connectivity index is 1.97. The number of nitrogens with two attached hydrogens (primary N) is 1. The van der Waals surface area contributed by atoms with Crippen LogP contribution in [0.15, 0.2) is 36.4 Å². The van der Waals surface area contributed by atoms with E-state index < -0.39 is 12.2 Å². The van der Waals surface area contributed by atoms with Gasteiger partial charge in [-0.15, -0.1) is 0 Å². The van der Waals surface area contributed by atoms with Crippen LogP contribution in [0.2, 0.25) is 0 Å². The number of alkyl halides is 3. The number of rotatable bonds is 11. The number of unbranched alkanes of at least 4 members (excludes halogenated alkanes) is 7. The van der Waals surface area contributed by atoms with Gasteiger partial charge in [-0.3, -0.25) is 0 Å². The molecule has 0 radical (unpaired) electrons. The van der Waals surface area contributed by atoms with Crippen LogP contribution in [0.3, 0.4) is 0 Å². The lowest BCUT2D eigenvalue weighted by atomic mass is 9.97. The summed E-state index contributed by atoms with van der Waals surface area (Å²) in [6, 6.07) is 8.30. The summed E-state index contributed by atoms with van der Waals surface area (Å²) >= 11 is 0. The highest BCUT2D eigenvalue weighted by atomic mass is 19.4.